The predicted octanol–water partition coefficient (Wildman–Crippen LogP) is 4.27. The lowest BCUT2D eigenvalue weighted by Gasteiger charge is -2.32. The van der Waals surface area contributed by atoms with Gasteiger partial charge in [0, 0.05) is 18.7 Å². The summed E-state index contributed by atoms with van der Waals surface area (Å²) in [4.78, 5) is 28.5. The first kappa shape index (κ1) is 29.7. The highest BCUT2D eigenvalue weighted by atomic mass is 32.2. The molecule has 2 amide bonds. The molecule has 9 heteroatoms. The Morgan fingerprint density at radius 1 is 0.923 bits per heavy atom. The minimum atomic E-state index is -4.11. The average Bonchev–Trinajstić information content (AvgIpc) is 2.96. The van der Waals surface area contributed by atoms with E-state index in [1.54, 1.807) is 49.4 Å². The van der Waals surface area contributed by atoms with Crippen molar-refractivity contribution in [2.24, 2.45) is 0 Å². The Morgan fingerprint density at radius 3 is 2.18 bits per heavy atom. The lowest BCUT2D eigenvalue weighted by Crippen LogP contribution is -2.53. The Hall–Kier alpha value is -3.85. The van der Waals surface area contributed by atoms with Crippen LogP contribution in [-0.2, 0) is 26.0 Å². The number of anilines is 1. The number of carbonyl (C=O) groups is 2. The Bertz CT molecular complexity index is 1330. The minimum absolute atomic E-state index is 0.0546. The van der Waals surface area contributed by atoms with Crippen LogP contribution in [0.3, 0.4) is 0 Å². The van der Waals surface area contributed by atoms with Crippen molar-refractivity contribution < 1.29 is 22.7 Å². The second-order valence-corrected chi connectivity index (χ2v) is 11.2. The molecule has 0 fully saturated rings. The number of hydrogen-bond donors (Lipinski definition) is 1. The second-order valence-electron chi connectivity index (χ2n) is 9.34. The van der Waals surface area contributed by atoms with Crippen molar-refractivity contribution >= 4 is 27.5 Å². The molecule has 0 saturated carbocycles. The molecule has 3 aromatic carbocycles. The first-order valence-electron chi connectivity index (χ1n) is 13.0. The van der Waals surface area contributed by atoms with Crippen molar-refractivity contribution in [3.8, 4) is 5.75 Å². The summed E-state index contributed by atoms with van der Waals surface area (Å²) in [5.41, 5.74) is 1.29. The smallest absolute Gasteiger partial charge is 0.264 e. The number of nitrogens with one attached hydrogen (secondary N) is 1. The molecule has 2 unspecified atom stereocenters. The SMILES string of the molecule is CCC(C)NC(=O)C(C)N(CCc1ccccc1)C(=O)CN(c1cccc(OC)c1)S(=O)(=O)c1ccccc1. The zero-order valence-electron chi connectivity index (χ0n) is 22.9. The van der Waals surface area contributed by atoms with E-state index < -0.39 is 28.5 Å². The molecule has 2 atom stereocenters. The van der Waals surface area contributed by atoms with Gasteiger partial charge in [0.05, 0.1) is 17.7 Å². The van der Waals surface area contributed by atoms with Crippen LogP contribution in [0.2, 0.25) is 0 Å². The highest BCUT2D eigenvalue weighted by Crippen LogP contribution is 2.27. The average molecular weight is 552 g/mol. The van der Waals surface area contributed by atoms with Gasteiger partial charge in [-0.1, -0.05) is 61.5 Å². The topological polar surface area (TPSA) is 96.0 Å². The maximum Gasteiger partial charge on any atom is 0.264 e. The molecule has 208 valence electrons. The summed E-state index contributed by atoms with van der Waals surface area (Å²) >= 11 is 0. The monoisotopic (exact) mass is 551 g/mol. The highest BCUT2D eigenvalue weighted by molar-refractivity contribution is 7.92. The fourth-order valence-electron chi connectivity index (χ4n) is 4.05. The van der Waals surface area contributed by atoms with E-state index >= 15 is 0 Å². The number of nitrogens with zero attached hydrogens (tertiary/aromatic N) is 2. The van der Waals surface area contributed by atoms with E-state index in [1.807, 2.05) is 44.2 Å². The van der Waals surface area contributed by atoms with Crippen molar-refractivity contribution in [1.82, 2.24) is 10.2 Å². The summed E-state index contributed by atoms with van der Waals surface area (Å²) in [6.45, 7) is 5.30. The zero-order valence-corrected chi connectivity index (χ0v) is 23.7. The van der Waals surface area contributed by atoms with Crippen LogP contribution in [0.1, 0.15) is 32.8 Å². The first-order chi connectivity index (χ1) is 18.7. The van der Waals surface area contributed by atoms with Crippen LogP contribution in [0.5, 0.6) is 5.75 Å². The molecule has 3 rings (SSSR count). The molecular formula is C30H37N3O5S. The third-order valence-corrected chi connectivity index (χ3v) is 8.39. The molecule has 0 aliphatic carbocycles. The molecule has 0 heterocycles. The van der Waals surface area contributed by atoms with Gasteiger partial charge in [0.15, 0.2) is 0 Å². The van der Waals surface area contributed by atoms with Gasteiger partial charge < -0.3 is 15.0 Å². The zero-order chi connectivity index (χ0) is 28.4. The predicted molar refractivity (Wildman–Crippen MR) is 153 cm³/mol. The van der Waals surface area contributed by atoms with Crippen molar-refractivity contribution in [3.05, 3.63) is 90.5 Å². The molecular weight excluding hydrogens is 514 g/mol. The Labute approximate surface area is 231 Å². The quantitative estimate of drug-likeness (QED) is 0.342. The molecule has 0 bridgehead atoms. The summed E-state index contributed by atoms with van der Waals surface area (Å²) in [5.74, 6) is -0.319. The number of methoxy groups -OCH3 is 1. The first-order valence-corrected chi connectivity index (χ1v) is 14.5. The van der Waals surface area contributed by atoms with E-state index in [0.29, 0.717) is 12.2 Å². The van der Waals surface area contributed by atoms with E-state index in [4.69, 9.17) is 4.74 Å². The number of carbonyl (C=O) groups excluding carboxylic acids is 2. The van der Waals surface area contributed by atoms with Crippen molar-refractivity contribution in [1.29, 1.82) is 0 Å². The summed E-state index contributed by atoms with van der Waals surface area (Å²) in [6, 6.07) is 23.3. The third kappa shape index (κ3) is 7.83. The number of amides is 2. The third-order valence-electron chi connectivity index (χ3n) is 6.60. The largest absolute Gasteiger partial charge is 0.497 e. The maximum atomic E-state index is 13.9. The van der Waals surface area contributed by atoms with Gasteiger partial charge in [-0.05, 0) is 56.5 Å². The van der Waals surface area contributed by atoms with Crippen molar-refractivity contribution in [2.45, 2.75) is 50.6 Å². The molecule has 0 saturated heterocycles. The van der Waals surface area contributed by atoms with E-state index in [-0.39, 0.29) is 29.1 Å². The summed E-state index contributed by atoms with van der Waals surface area (Å²) in [5, 5.41) is 2.94. The highest BCUT2D eigenvalue weighted by Gasteiger charge is 2.32. The Kier molecular flexibility index (Phi) is 10.5. The van der Waals surface area contributed by atoms with Crippen LogP contribution < -0.4 is 14.4 Å². The van der Waals surface area contributed by atoms with Crippen LogP contribution in [0.4, 0.5) is 5.69 Å². The fraction of sp³-hybridized carbons (Fsp3) is 0.333. The molecule has 0 spiro atoms. The van der Waals surface area contributed by atoms with E-state index in [1.165, 1.54) is 24.1 Å². The maximum absolute atomic E-state index is 13.9. The van der Waals surface area contributed by atoms with E-state index in [9.17, 15) is 18.0 Å². The standard InChI is InChI=1S/C30H37N3O5S/c1-5-23(2)31-30(35)24(3)32(20-19-25-13-8-6-9-14-25)29(34)22-33(26-15-12-16-27(21-26)38-4)39(36,37)28-17-10-7-11-18-28/h6-18,21,23-24H,5,19-20,22H2,1-4H3,(H,31,35). The number of hydrogen-bond acceptors (Lipinski definition) is 5. The van der Waals surface area contributed by atoms with Crippen molar-refractivity contribution in [2.75, 3.05) is 24.5 Å². The number of ether oxygens (including phenoxy) is 1. The van der Waals surface area contributed by atoms with Gasteiger partial charge in [-0.15, -0.1) is 0 Å². The molecule has 8 nitrogen and oxygen atoms in total. The normalized spacial score (nSPS) is 12.7. The summed E-state index contributed by atoms with van der Waals surface area (Å²) in [6.07, 6.45) is 1.26. The van der Waals surface area contributed by atoms with Gasteiger partial charge in [-0.2, -0.15) is 0 Å². The lowest BCUT2D eigenvalue weighted by atomic mass is 10.1. The van der Waals surface area contributed by atoms with Crippen LogP contribution in [-0.4, -0.2) is 57.4 Å². The molecule has 0 aromatic heterocycles. The Morgan fingerprint density at radius 2 is 1.56 bits per heavy atom. The van der Waals surface area contributed by atoms with Crippen LogP contribution in [0.25, 0.3) is 0 Å². The van der Waals surface area contributed by atoms with Crippen molar-refractivity contribution in [3.63, 3.8) is 0 Å². The number of rotatable bonds is 13. The van der Waals surface area contributed by atoms with E-state index in [0.717, 1.165) is 16.3 Å². The molecule has 1 N–H and O–H groups in total. The van der Waals surface area contributed by atoms with Gasteiger partial charge in [-0.3, -0.25) is 13.9 Å². The minimum Gasteiger partial charge on any atom is -0.497 e. The molecule has 3 aromatic rings. The lowest BCUT2D eigenvalue weighted by molar-refractivity contribution is -0.139. The molecule has 0 radical (unpaired) electrons. The van der Waals surface area contributed by atoms with Crippen LogP contribution >= 0.6 is 0 Å². The number of benzene rings is 3. The van der Waals surface area contributed by atoms with Gasteiger partial charge in [-0.25, -0.2) is 8.42 Å². The second kappa shape index (κ2) is 13.8. The fourth-order valence-corrected chi connectivity index (χ4v) is 5.48. The van der Waals surface area contributed by atoms with Gasteiger partial charge in [0.25, 0.3) is 10.0 Å². The number of sulfonamides is 1. The van der Waals surface area contributed by atoms with Gasteiger partial charge in [0.1, 0.15) is 18.3 Å². The summed E-state index contributed by atoms with van der Waals surface area (Å²) in [7, 11) is -2.62. The molecule has 39 heavy (non-hydrogen) atoms. The van der Waals surface area contributed by atoms with Gasteiger partial charge in [0.2, 0.25) is 11.8 Å². The molecule has 0 aliphatic heterocycles. The summed E-state index contributed by atoms with van der Waals surface area (Å²) < 4.78 is 34.0. The van der Waals surface area contributed by atoms with Crippen LogP contribution in [0.15, 0.2) is 89.8 Å². The van der Waals surface area contributed by atoms with Crippen LogP contribution in [0, 0.1) is 0 Å². The van der Waals surface area contributed by atoms with E-state index in [2.05, 4.69) is 5.32 Å². The van der Waals surface area contributed by atoms with Gasteiger partial charge >= 0.3 is 0 Å². The molecule has 0 aliphatic rings. The Balaban J connectivity index is 1.98.